The third kappa shape index (κ3) is 2.48. The van der Waals surface area contributed by atoms with Crippen LogP contribution in [0.2, 0.25) is 0 Å². The van der Waals surface area contributed by atoms with Crippen LogP contribution in [-0.2, 0) is 22.6 Å². The van der Waals surface area contributed by atoms with Gasteiger partial charge >= 0.3 is 0 Å². The van der Waals surface area contributed by atoms with Crippen molar-refractivity contribution in [2.24, 2.45) is 0 Å². The highest BCUT2D eigenvalue weighted by atomic mass is 35.5. The molecule has 1 aromatic heterocycles. The quantitative estimate of drug-likeness (QED) is 0.813. The molecule has 0 atom stereocenters. The Morgan fingerprint density at radius 1 is 1.67 bits per heavy atom. The molecule has 1 aromatic rings. The zero-order valence-corrected chi connectivity index (χ0v) is 10.2. The van der Waals surface area contributed by atoms with E-state index in [1.54, 1.807) is 0 Å². The lowest BCUT2D eigenvalue weighted by molar-refractivity contribution is 0.445. The summed E-state index contributed by atoms with van der Waals surface area (Å²) in [5, 5.41) is 2.62. The molecule has 0 saturated carbocycles. The number of hydrogen-bond donors (Lipinski definition) is 1. The van der Waals surface area contributed by atoms with Crippen LogP contribution in [0.4, 0.5) is 0 Å². The number of thiazole rings is 1. The molecular weight excluding hydrogens is 258 g/mol. The standard InChI is InChI=1S/C7H10ClN3O2S2/c8-3-6-5-14-7(10-6)4-11-2-1-9-15(11,12)13/h5,9H,1-4H2. The van der Waals surface area contributed by atoms with Crippen molar-refractivity contribution in [2.75, 3.05) is 13.1 Å². The lowest BCUT2D eigenvalue weighted by Crippen LogP contribution is -2.28. The lowest BCUT2D eigenvalue weighted by Gasteiger charge is -2.10. The molecule has 0 radical (unpaired) electrons. The van der Waals surface area contributed by atoms with Gasteiger partial charge in [0.2, 0.25) is 0 Å². The first-order valence-corrected chi connectivity index (χ1v) is 7.21. The summed E-state index contributed by atoms with van der Waals surface area (Å²) >= 11 is 7.05. The van der Waals surface area contributed by atoms with E-state index in [0.29, 0.717) is 25.5 Å². The Morgan fingerprint density at radius 2 is 2.47 bits per heavy atom. The van der Waals surface area contributed by atoms with Gasteiger partial charge in [-0.2, -0.15) is 12.7 Å². The topological polar surface area (TPSA) is 62.3 Å². The first-order chi connectivity index (χ1) is 7.12. The molecule has 0 aromatic carbocycles. The maximum Gasteiger partial charge on any atom is 0.279 e. The number of halogens is 1. The Bertz CT molecular complexity index is 445. The number of nitrogens with one attached hydrogen (secondary N) is 1. The first-order valence-electron chi connectivity index (χ1n) is 4.36. The molecule has 1 fully saturated rings. The van der Waals surface area contributed by atoms with Gasteiger partial charge in [0.15, 0.2) is 0 Å². The fourth-order valence-corrected chi connectivity index (χ4v) is 3.58. The Balaban J connectivity index is 2.09. The van der Waals surface area contributed by atoms with E-state index < -0.39 is 10.2 Å². The molecule has 2 heterocycles. The predicted molar refractivity (Wildman–Crippen MR) is 59.0 cm³/mol. The molecule has 84 valence electrons. The van der Waals surface area contributed by atoms with E-state index >= 15 is 0 Å². The fourth-order valence-electron chi connectivity index (χ4n) is 1.31. The number of alkyl halides is 1. The van der Waals surface area contributed by atoms with Crippen LogP contribution in [0.5, 0.6) is 0 Å². The van der Waals surface area contributed by atoms with Crippen molar-refractivity contribution in [3.8, 4) is 0 Å². The van der Waals surface area contributed by atoms with E-state index in [-0.39, 0.29) is 0 Å². The Labute approximate surface area is 97.3 Å². The number of rotatable bonds is 3. The fraction of sp³-hybridized carbons (Fsp3) is 0.571. The van der Waals surface area contributed by atoms with Crippen LogP contribution >= 0.6 is 22.9 Å². The highest BCUT2D eigenvalue weighted by molar-refractivity contribution is 7.87. The molecule has 1 aliphatic rings. The highest BCUT2D eigenvalue weighted by Gasteiger charge is 2.28. The van der Waals surface area contributed by atoms with E-state index in [0.717, 1.165) is 10.7 Å². The summed E-state index contributed by atoms with van der Waals surface area (Å²) in [5.41, 5.74) is 0.793. The van der Waals surface area contributed by atoms with Crippen LogP contribution in [-0.4, -0.2) is 30.8 Å². The summed E-state index contributed by atoms with van der Waals surface area (Å²) in [5.74, 6) is 0.363. The summed E-state index contributed by atoms with van der Waals surface area (Å²) in [6.45, 7) is 1.30. The third-order valence-electron chi connectivity index (χ3n) is 2.03. The van der Waals surface area contributed by atoms with Crippen molar-refractivity contribution in [1.29, 1.82) is 0 Å². The van der Waals surface area contributed by atoms with E-state index in [4.69, 9.17) is 11.6 Å². The van der Waals surface area contributed by atoms with Crippen LogP contribution in [0.25, 0.3) is 0 Å². The maximum atomic E-state index is 11.4. The minimum absolute atomic E-state index is 0.330. The Hall–Kier alpha value is -0.210. The predicted octanol–water partition coefficient (Wildman–Crippen LogP) is 0.532. The van der Waals surface area contributed by atoms with Gasteiger partial charge in [-0.15, -0.1) is 22.9 Å². The van der Waals surface area contributed by atoms with Crippen LogP contribution in [0.1, 0.15) is 10.7 Å². The van der Waals surface area contributed by atoms with Crippen molar-refractivity contribution < 1.29 is 8.42 Å². The maximum absolute atomic E-state index is 11.4. The van der Waals surface area contributed by atoms with Gasteiger partial charge in [0.1, 0.15) is 5.01 Å². The molecule has 1 saturated heterocycles. The van der Waals surface area contributed by atoms with Crippen LogP contribution in [0.3, 0.4) is 0 Å². The summed E-state index contributed by atoms with van der Waals surface area (Å²) in [7, 11) is -3.27. The first kappa shape index (κ1) is 11.3. The van der Waals surface area contributed by atoms with E-state index in [9.17, 15) is 8.42 Å². The average Bonchev–Trinajstić information content (AvgIpc) is 2.75. The molecule has 1 aliphatic heterocycles. The smallest absolute Gasteiger partial charge is 0.244 e. The van der Waals surface area contributed by atoms with Crippen molar-refractivity contribution >= 4 is 33.1 Å². The van der Waals surface area contributed by atoms with Crippen molar-refractivity contribution in [3.63, 3.8) is 0 Å². The minimum atomic E-state index is -3.27. The van der Waals surface area contributed by atoms with Gasteiger partial charge in [-0.05, 0) is 0 Å². The van der Waals surface area contributed by atoms with Gasteiger partial charge in [0.25, 0.3) is 10.2 Å². The molecule has 1 N–H and O–H groups in total. The molecule has 2 rings (SSSR count). The number of nitrogens with zero attached hydrogens (tertiary/aromatic N) is 2. The van der Waals surface area contributed by atoms with E-state index in [1.807, 2.05) is 5.38 Å². The normalized spacial score (nSPS) is 20.9. The van der Waals surface area contributed by atoms with Crippen molar-refractivity contribution in [2.45, 2.75) is 12.4 Å². The summed E-state index contributed by atoms with van der Waals surface area (Å²) in [6.07, 6.45) is 0. The molecule has 0 amide bonds. The molecule has 0 aliphatic carbocycles. The summed E-state index contributed by atoms with van der Waals surface area (Å²) < 4.78 is 26.6. The van der Waals surface area contributed by atoms with Gasteiger partial charge < -0.3 is 0 Å². The summed E-state index contributed by atoms with van der Waals surface area (Å²) in [4.78, 5) is 4.21. The molecule has 0 unspecified atom stereocenters. The van der Waals surface area contributed by atoms with Crippen LogP contribution in [0.15, 0.2) is 5.38 Å². The second-order valence-corrected chi connectivity index (χ2v) is 6.06. The largest absolute Gasteiger partial charge is 0.279 e. The zero-order valence-electron chi connectivity index (χ0n) is 7.81. The Kier molecular flexibility index (Phi) is 3.27. The van der Waals surface area contributed by atoms with E-state index in [1.165, 1.54) is 15.6 Å². The van der Waals surface area contributed by atoms with Gasteiger partial charge in [-0.1, -0.05) is 0 Å². The number of aromatic nitrogens is 1. The molecule has 0 spiro atoms. The SMILES string of the molecule is O=S1(=O)NCCN1Cc1nc(CCl)cs1. The minimum Gasteiger partial charge on any atom is -0.244 e. The van der Waals surface area contributed by atoms with Gasteiger partial charge in [0.05, 0.1) is 18.1 Å². The summed E-state index contributed by atoms with van der Waals surface area (Å²) in [6, 6.07) is 0. The van der Waals surface area contributed by atoms with Crippen LogP contribution in [0, 0.1) is 0 Å². The molecule has 8 heteroatoms. The average molecular weight is 268 g/mol. The van der Waals surface area contributed by atoms with Crippen molar-refractivity contribution in [3.05, 3.63) is 16.1 Å². The highest BCUT2D eigenvalue weighted by Crippen LogP contribution is 2.16. The third-order valence-corrected chi connectivity index (χ3v) is 4.75. The molecule has 5 nitrogen and oxygen atoms in total. The zero-order chi connectivity index (χ0) is 10.9. The van der Waals surface area contributed by atoms with Gasteiger partial charge in [0, 0.05) is 18.5 Å². The molecule has 15 heavy (non-hydrogen) atoms. The number of hydrogen-bond acceptors (Lipinski definition) is 4. The molecular formula is C7H10ClN3O2S2. The lowest BCUT2D eigenvalue weighted by atomic mass is 10.5. The van der Waals surface area contributed by atoms with Gasteiger partial charge in [-0.3, -0.25) is 0 Å². The van der Waals surface area contributed by atoms with E-state index in [2.05, 4.69) is 9.71 Å². The van der Waals surface area contributed by atoms with Crippen LogP contribution < -0.4 is 4.72 Å². The van der Waals surface area contributed by atoms with Gasteiger partial charge in [-0.25, -0.2) is 9.71 Å². The van der Waals surface area contributed by atoms with Crippen molar-refractivity contribution in [1.82, 2.24) is 14.0 Å². The second kappa shape index (κ2) is 4.34. The Morgan fingerprint density at radius 3 is 3.00 bits per heavy atom. The monoisotopic (exact) mass is 267 g/mol. The molecule has 0 bridgehead atoms. The second-order valence-electron chi connectivity index (χ2n) is 3.10.